The number of hydrogen-bond donors (Lipinski definition) is 2. The molecule has 2 aromatic heterocycles. The summed E-state index contributed by atoms with van der Waals surface area (Å²) in [5.74, 6) is -0.208. The first-order valence-electron chi connectivity index (χ1n) is 11.5. The standard InChI is InChI=1S/C25H31N5O3S/c1-18(2)30-13-12-29(24(31)21-15-27-17-28-23(21)30)16-19-6-8-20(9-7-19)33-25(32,10-11-26-3)22-5-4-14-34-22/h4-9,14-15,17-18,26,32H,10-13,16H2,1-3H3/t25-/m1/s1. The Morgan fingerprint density at radius 3 is 2.71 bits per heavy atom. The molecule has 1 aliphatic rings. The average Bonchev–Trinajstić information content (AvgIpc) is 3.35. The van der Waals surface area contributed by atoms with E-state index in [4.69, 9.17) is 4.74 Å². The zero-order valence-corrected chi connectivity index (χ0v) is 20.6. The molecule has 8 nitrogen and oxygen atoms in total. The number of amides is 1. The van der Waals surface area contributed by atoms with Crippen LogP contribution in [-0.2, 0) is 12.3 Å². The van der Waals surface area contributed by atoms with Crippen LogP contribution in [0.4, 0.5) is 5.82 Å². The van der Waals surface area contributed by atoms with Crippen molar-refractivity contribution in [2.45, 2.75) is 38.6 Å². The number of carbonyl (C=O) groups excluding carboxylic acids is 1. The highest BCUT2D eigenvalue weighted by atomic mass is 32.1. The van der Waals surface area contributed by atoms with E-state index in [1.54, 1.807) is 6.20 Å². The van der Waals surface area contributed by atoms with Gasteiger partial charge in [-0.05, 0) is 50.0 Å². The number of hydrogen-bond acceptors (Lipinski definition) is 8. The van der Waals surface area contributed by atoms with E-state index in [0.29, 0.717) is 49.7 Å². The van der Waals surface area contributed by atoms with Crippen LogP contribution in [0.3, 0.4) is 0 Å². The molecule has 1 atom stereocenters. The molecule has 0 radical (unpaired) electrons. The summed E-state index contributed by atoms with van der Waals surface area (Å²) in [6, 6.07) is 11.6. The molecule has 2 N–H and O–H groups in total. The maximum Gasteiger partial charge on any atom is 0.259 e. The van der Waals surface area contributed by atoms with Gasteiger partial charge in [0.05, 0.1) is 4.88 Å². The van der Waals surface area contributed by atoms with E-state index in [-0.39, 0.29) is 11.9 Å². The predicted molar refractivity (Wildman–Crippen MR) is 133 cm³/mol. The molecular formula is C25H31N5O3S. The number of aromatic nitrogens is 2. The van der Waals surface area contributed by atoms with Crippen molar-refractivity contribution < 1.29 is 14.6 Å². The van der Waals surface area contributed by atoms with E-state index in [9.17, 15) is 9.90 Å². The fraction of sp³-hybridized carbons (Fsp3) is 0.400. The Balaban J connectivity index is 1.49. The number of carbonyl (C=O) groups is 1. The van der Waals surface area contributed by atoms with Crippen LogP contribution in [-0.4, -0.2) is 58.6 Å². The van der Waals surface area contributed by atoms with Gasteiger partial charge >= 0.3 is 0 Å². The molecular weight excluding hydrogens is 450 g/mol. The maximum absolute atomic E-state index is 13.3. The van der Waals surface area contributed by atoms with Crippen LogP contribution in [0, 0.1) is 0 Å². The van der Waals surface area contributed by atoms with Crippen molar-refractivity contribution in [2.24, 2.45) is 0 Å². The lowest BCUT2D eigenvalue weighted by atomic mass is 10.1. The largest absolute Gasteiger partial charge is 0.457 e. The van der Waals surface area contributed by atoms with Crippen molar-refractivity contribution in [2.75, 3.05) is 31.6 Å². The molecule has 1 aromatic carbocycles. The van der Waals surface area contributed by atoms with Crippen LogP contribution >= 0.6 is 11.3 Å². The van der Waals surface area contributed by atoms with E-state index in [1.165, 1.54) is 17.7 Å². The lowest BCUT2D eigenvalue weighted by Gasteiger charge is -2.28. The fourth-order valence-corrected chi connectivity index (χ4v) is 4.85. The Morgan fingerprint density at radius 1 is 1.24 bits per heavy atom. The molecule has 0 aliphatic carbocycles. The monoisotopic (exact) mass is 481 g/mol. The van der Waals surface area contributed by atoms with Gasteiger partial charge in [0, 0.05) is 44.8 Å². The molecule has 1 amide bonds. The van der Waals surface area contributed by atoms with Crippen LogP contribution in [0.5, 0.6) is 5.75 Å². The second-order valence-corrected chi connectivity index (χ2v) is 9.58. The van der Waals surface area contributed by atoms with E-state index < -0.39 is 5.79 Å². The van der Waals surface area contributed by atoms with Crippen LogP contribution in [0.15, 0.2) is 54.3 Å². The van der Waals surface area contributed by atoms with Crippen molar-refractivity contribution in [3.05, 3.63) is 70.3 Å². The van der Waals surface area contributed by atoms with Gasteiger partial charge in [-0.1, -0.05) is 18.2 Å². The van der Waals surface area contributed by atoms with E-state index in [0.717, 1.165) is 10.4 Å². The van der Waals surface area contributed by atoms with Crippen molar-refractivity contribution in [3.8, 4) is 5.75 Å². The van der Waals surface area contributed by atoms with Crippen LogP contribution in [0.1, 0.15) is 41.1 Å². The maximum atomic E-state index is 13.3. The summed E-state index contributed by atoms with van der Waals surface area (Å²) < 4.78 is 6.04. The van der Waals surface area contributed by atoms with Gasteiger partial charge in [0.1, 0.15) is 23.5 Å². The van der Waals surface area contributed by atoms with Crippen LogP contribution in [0.25, 0.3) is 0 Å². The summed E-state index contributed by atoms with van der Waals surface area (Å²) in [5.41, 5.74) is 1.51. The first kappa shape index (κ1) is 24.1. The lowest BCUT2D eigenvalue weighted by Crippen LogP contribution is -2.37. The molecule has 0 saturated carbocycles. The number of anilines is 1. The molecule has 4 rings (SSSR count). The Hall–Kier alpha value is -3.01. The summed E-state index contributed by atoms with van der Waals surface area (Å²) in [6.45, 7) is 6.57. The third-order valence-corrected chi connectivity index (χ3v) is 6.92. The number of rotatable bonds is 9. The zero-order valence-electron chi connectivity index (χ0n) is 19.8. The van der Waals surface area contributed by atoms with Gasteiger partial charge < -0.3 is 25.0 Å². The SMILES string of the molecule is CNCC[C@@](O)(Oc1ccc(CN2CCN(C(C)C)c3ncncc3C2=O)cc1)c1cccs1. The summed E-state index contributed by atoms with van der Waals surface area (Å²) in [7, 11) is 1.85. The van der Waals surface area contributed by atoms with E-state index in [2.05, 4.69) is 34.0 Å². The van der Waals surface area contributed by atoms with Crippen molar-refractivity contribution in [1.29, 1.82) is 0 Å². The van der Waals surface area contributed by atoms with E-state index >= 15 is 0 Å². The number of thiophene rings is 1. The highest BCUT2D eigenvalue weighted by Crippen LogP contribution is 2.32. The van der Waals surface area contributed by atoms with Gasteiger partial charge in [0.25, 0.3) is 5.91 Å². The summed E-state index contributed by atoms with van der Waals surface area (Å²) in [4.78, 5) is 26.5. The average molecular weight is 482 g/mol. The first-order valence-corrected chi connectivity index (χ1v) is 12.3. The molecule has 34 heavy (non-hydrogen) atoms. The fourth-order valence-electron chi connectivity index (χ4n) is 4.06. The van der Waals surface area contributed by atoms with Crippen molar-refractivity contribution in [1.82, 2.24) is 20.2 Å². The number of nitrogens with one attached hydrogen (secondary N) is 1. The number of nitrogens with zero attached hydrogens (tertiary/aromatic N) is 4. The molecule has 0 spiro atoms. The Bertz CT molecular complexity index is 1090. The minimum atomic E-state index is -1.40. The zero-order chi connectivity index (χ0) is 24.1. The Morgan fingerprint density at radius 2 is 2.03 bits per heavy atom. The number of ether oxygens (including phenoxy) is 1. The first-order chi connectivity index (χ1) is 16.4. The quantitative estimate of drug-likeness (QED) is 0.454. The smallest absolute Gasteiger partial charge is 0.259 e. The lowest BCUT2D eigenvalue weighted by molar-refractivity contribution is -0.147. The molecule has 9 heteroatoms. The summed E-state index contributed by atoms with van der Waals surface area (Å²) in [6.07, 6.45) is 3.51. The molecule has 0 saturated heterocycles. The normalized spacial score (nSPS) is 15.7. The Labute approximate surface area is 204 Å². The molecule has 0 unspecified atom stereocenters. The second-order valence-electron chi connectivity index (χ2n) is 8.64. The molecule has 3 heterocycles. The summed E-state index contributed by atoms with van der Waals surface area (Å²) >= 11 is 1.46. The topological polar surface area (TPSA) is 90.8 Å². The molecule has 0 bridgehead atoms. The summed E-state index contributed by atoms with van der Waals surface area (Å²) in [5, 5.41) is 16.2. The molecule has 180 valence electrons. The third-order valence-electron chi connectivity index (χ3n) is 5.92. The van der Waals surface area contributed by atoms with Gasteiger partial charge in [-0.2, -0.15) is 0 Å². The predicted octanol–water partition coefficient (Wildman–Crippen LogP) is 3.24. The van der Waals surface area contributed by atoms with Crippen LogP contribution in [0.2, 0.25) is 0 Å². The second kappa shape index (κ2) is 10.5. The van der Waals surface area contributed by atoms with Gasteiger partial charge in [0.2, 0.25) is 5.79 Å². The van der Waals surface area contributed by atoms with Crippen LogP contribution < -0.4 is 15.0 Å². The highest BCUT2D eigenvalue weighted by Gasteiger charge is 2.33. The van der Waals surface area contributed by atoms with Gasteiger partial charge in [-0.25, -0.2) is 9.97 Å². The molecule has 0 fully saturated rings. The number of fused-ring (bicyclic) bond motifs is 1. The van der Waals surface area contributed by atoms with Gasteiger partial charge in [-0.3, -0.25) is 4.79 Å². The number of aliphatic hydroxyl groups is 1. The molecule has 1 aliphatic heterocycles. The number of benzene rings is 1. The minimum Gasteiger partial charge on any atom is -0.457 e. The highest BCUT2D eigenvalue weighted by molar-refractivity contribution is 7.10. The third kappa shape index (κ3) is 5.22. The Kier molecular flexibility index (Phi) is 7.45. The minimum absolute atomic E-state index is 0.0711. The van der Waals surface area contributed by atoms with Crippen molar-refractivity contribution >= 4 is 23.1 Å². The van der Waals surface area contributed by atoms with Gasteiger partial charge in [-0.15, -0.1) is 11.3 Å². The van der Waals surface area contributed by atoms with Crippen molar-refractivity contribution in [3.63, 3.8) is 0 Å². The van der Waals surface area contributed by atoms with E-state index in [1.807, 2.05) is 53.7 Å². The van der Waals surface area contributed by atoms with Gasteiger partial charge in [0.15, 0.2) is 0 Å². The molecule has 3 aromatic rings.